The van der Waals surface area contributed by atoms with Crippen LogP contribution in [0.1, 0.15) is 95.4 Å². The van der Waals surface area contributed by atoms with E-state index < -0.39 is 64.4 Å². The normalized spacial score (nSPS) is 20.0. The number of primary amides is 1. The van der Waals surface area contributed by atoms with Gasteiger partial charge in [0.05, 0.1) is 0 Å². The van der Waals surface area contributed by atoms with Crippen molar-refractivity contribution in [2.24, 2.45) is 22.5 Å². The average molecular weight is 540 g/mol. The number of amides is 5. The summed E-state index contributed by atoms with van der Waals surface area (Å²) >= 11 is 0. The van der Waals surface area contributed by atoms with Crippen molar-refractivity contribution in [1.82, 2.24) is 21.3 Å². The first-order chi connectivity index (χ1) is 16.9. The Bertz CT molecular complexity index is 910. The molecule has 0 aromatic carbocycles. The topological polar surface area (TPSA) is 169 Å². The molecular weight excluding hydrogens is 490 g/mol. The average Bonchev–Trinajstić information content (AvgIpc) is 2.92. The maximum atomic E-state index is 13.4. The van der Waals surface area contributed by atoms with Crippen LogP contribution in [0.3, 0.4) is 0 Å². The van der Waals surface area contributed by atoms with Gasteiger partial charge in [-0.2, -0.15) is 0 Å². The van der Waals surface area contributed by atoms with Gasteiger partial charge in [0.25, 0.3) is 0 Å². The quantitative estimate of drug-likeness (QED) is 0.301. The Balaban J connectivity index is 3.12. The van der Waals surface area contributed by atoms with Gasteiger partial charge >= 0.3 is 6.09 Å². The van der Waals surface area contributed by atoms with E-state index in [0.717, 1.165) is 0 Å². The van der Waals surface area contributed by atoms with E-state index in [2.05, 4.69) is 21.3 Å². The Kier molecular flexibility index (Phi) is 10.4. The molecule has 0 aromatic heterocycles. The van der Waals surface area contributed by atoms with E-state index in [-0.39, 0.29) is 24.2 Å². The third-order valence-electron chi connectivity index (χ3n) is 6.01. The molecular formula is C27H49N5O6. The molecule has 11 nitrogen and oxygen atoms in total. The van der Waals surface area contributed by atoms with Gasteiger partial charge in [0.1, 0.15) is 23.7 Å². The van der Waals surface area contributed by atoms with Gasteiger partial charge in [-0.3, -0.25) is 19.2 Å². The third kappa shape index (κ3) is 11.3. The van der Waals surface area contributed by atoms with E-state index in [0.29, 0.717) is 6.42 Å². The highest BCUT2D eigenvalue weighted by Crippen LogP contribution is 2.28. The molecule has 6 N–H and O–H groups in total. The van der Waals surface area contributed by atoms with Crippen LogP contribution in [0.15, 0.2) is 0 Å². The number of nitrogens with two attached hydrogens (primary N) is 1. The lowest BCUT2D eigenvalue weighted by Gasteiger charge is -2.34. The summed E-state index contributed by atoms with van der Waals surface area (Å²) in [5.41, 5.74) is 3.33. The molecule has 1 aliphatic rings. The van der Waals surface area contributed by atoms with Crippen molar-refractivity contribution in [2.45, 2.75) is 125 Å². The van der Waals surface area contributed by atoms with Crippen molar-refractivity contribution >= 4 is 29.7 Å². The molecule has 1 saturated heterocycles. The summed E-state index contributed by atoms with van der Waals surface area (Å²) in [4.78, 5) is 63.8. The minimum Gasteiger partial charge on any atom is -0.444 e. The molecule has 1 aliphatic heterocycles. The predicted molar refractivity (Wildman–Crippen MR) is 145 cm³/mol. The summed E-state index contributed by atoms with van der Waals surface area (Å²) < 4.78 is 5.32. The number of rotatable bonds is 9. The van der Waals surface area contributed by atoms with Crippen LogP contribution >= 0.6 is 0 Å². The van der Waals surface area contributed by atoms with Crippen LogP contribution in [0.5, 0.6) is 0 Å². The van der Waals surface area contributed by atoms with Gasteiger partial charge in [0.15, 0.2) is 0 Å². The van der Waals surface area contributed by atoms with Crippen LogP contribution in [0.25, 0.3) is 0 Å². The minimum absolute atomic E-state index is 0.0529. The first-order valence-electron chi connectivity index (χ1n) is 13.1. The highest BCUT2D eigenvalue weighted by Gasteiger charge is 2.41. The van der Waals surface area contributed by atoms with E-state index in [1.54, 1.807) is 41.5 Å². The van der Waals surface area contributed by atoms with Crippen molar-refractivity contribution in [2.75, 3.05) is 0 Å². The summed E-state index contributed by atoms with van der Waals surface area (Å²) in [5, 5.41) is 10.9. The van der Waals surface area contributed by atoms with Gasteiger partial charge in [-0.25, -0.2) is 4.79 Å². The van der Waals surface area contributed by atoms with E-state index in [9.17, 15) is 24.0 Å². The van der Waals surface area contributed by atoms with Gasteiger partial charge in [0.2, 0.25) is 23.6 Å². The van der Waals surface area contributed by atoms with Gasteiger partial charge in [-0.15, -0.1) is 0 Å². The predicted octanol–water partition coefficient (Wildman–Crippen LogP) is 2.12. The zero-order chi connectivity index (χ0) is 29.9. The van der Waals surface area contributed by atoms with E-state index in [1.807, 2.05) is 34.6 Å². The lowest BCUT2D eigenvalue weighted by atomic mass is 9.84. The van der Waals surface area contributed by atoms with Crippen LogP contribution in [-0.4, -0.2) is 59.0 Å². The minimum atomic E-state index is -1.09. The second-order valence-electron chi connectivity index (χ2n) is 14.2. The second-order valence-corrected chi connectivity index (χ2v) is 14.2. The molecule has 218 valence electrons. The number of hydrogen-bond donors (Lipinski definition) is 5. The zero-order valence-electron chi connectivity index (χ0n) is 25.0. The molecule has 1 rings (SSSR count). The fraction of sp³-hybridized carbons (Fsp3) is 0.815. The van der Waals surface area contributed by atoms with Crippen LogP contribution in [0, 0.1) is 16.7 Å². The Morgan fingerprint density at radius 2 is 1.47 bits per heavy atom. The molecule has 4 atom stereocenters. The molecule has 3 unspecified atom stereocenters. The number of hydrogen-bond acceptors (Lipinski definition) is 6. The molecule has 0 bridgehead atoms. The van der Waals surface area contributed by atoms with Gasteiger partial charge in [-0.1, -0.05) is 41.5 Å². The summed E-state index contributed by atoms with van der Waals surface area (Å²) in [7, 11) is 0. The monoisotopic (exact) mass is 539 g/mol. The third-order valence-corrected chi connectivity index (χ3v) is 6.01. The van der Waals surface area contributed by atoms with Crippen LogP contribution in [0.4, 0.5) is 4.79 Å². The van der Waals surface area contributed by atoms with Gasteiger partial charge in [-0.05, 0) is 64.7 Å². The molecule has 11 heteroatoms. The van der Waals surface area contributed by atoms with Gasteiger partial charge < -0.3 is 31.7 Å². The van der Waals surface area contributed by atoms with E-state index >= 15 is 0 Å². The molecule has 1 heterocycles. The molecule has 0 saturated carbocycles. The molecule has 0 spiro atoms. The Labute approximate surface area is 227 Å². The van der Waals surface area contributed by atoms with Crippen molar-refractivity contribution in [3.05, 3.63) is 0 Å². The molecule has 0 aromatic rings. The zero-order valence-corrected chi connectivity index (χ0v) is 25.0. The number of carbonyl (C=O) groups excluding carboxylic acids is 5. The van der Waals surface area contributed by atoms with Crippen LogP contribution < -0.4 is 27.0 Å². The number of ether oxygens (including phenoxy) is 1. The fourth-order valence-electron chi connectivity index (χ4n) is 4.37. The highest BCUT2D eigenvalue weighted by atomic mass is 16.6. The van der Waals surface area contributed by atoms with Crippen molar-refractivity contribution in [3.63, 3.8) is 0 Å². The first-order valence-corrected chi connectivity index (χ1v) is 13.1. The molecule has 0 aliphatic carbocycles. The largest absolute Gasteiger partial charge is 0.444 e. The maximum absolute atomic E-state index is 13.4. The maximum Gasteiger partial charge on any atom is 0.408 e. The second kappa shape index (κ2) is 11.9. The number of nitrogens with one attached hydrogen (secondary N) is 4. The summed E-state index contributed by atoms with van der Waals surface area (Å²) in [6.07, 6.45) is 0.0428. The lowest BCUT2D eigenvalue weighted by molar-refractivity contribution is -0.134. The molecule has 5 amide bonds. The summed E-state index contributed by atoms with van der Waals surface area (Å²) in [6, 6.07) is -3.13. The van der Waals surface area contributed by atoms with Gasteiger partial charge in [0, 0.05) is 11.5 Å². The molecule has 1 fully saturated rings. The van der Waals surface area contributed by atoms with E-state index in [1.165, 1.54) is 0 Å². The highest BCUT2D eigenvalue weighted by molar-refractivity contribution is 5.94. The van der Waals surface area contributed by atoms with E-state index in [4.69, 9.17) is 10.5 Å². The number of alkyl carbamates (subject to hydrolysis) is 1. The summed E-state index contributed by atoms with van der Waals surface area (Å²) in [5.74, 6) is -2.62. The SMILES string of the molecule is CC(C)(C)CC(NC(=O)C(NC(=O)OC(C)(C)C)C(C)(C)C)C(=O)NC(C[C@@H]1CC(C)(C)NC1=O)C(N)=O. The van der Waals surface area contributed by atoms with Crippen LogP contribution in [-0.2, 0) is 23.9 Å². The van der Waals surface area contributed by atoms with Crippen molar-refractivity contribution in [1.29, 1.82) is 0 Å². The number of carbonyl (C=O) groups is 5. The summed E-state index contributed by atoms with van der Waals surface area (Å²) in [6.45, 7) is 20.0. The lowest BCUT2D eigenvalue weighted by Crippen LogP contribution is -2.60. The fourth-order valence-corrected chi connectivity index (χ4v) is 4.37. The Morgan fingerprint density at radius 3 is 1.87 bits per heavy atom. The van der Waals surface area contributed by atoms with Crippen molar-refractivity contribution < 1.29 is 28.7 Å². The Hall–Kier alpha value is -2.85. The smallest absolute Gasteiger partial charge is 0.408 e. The van der Waals surface area contributed by atoms with Crippen molar-refractivity contribution in [3.8, 4) is 0 Å². The Morgan fingerprint density at radius 1 is 0.947 bits per heavy atom. The standard InChI is InChI=1S/C27H49N5O6/c1-24(2,3)14-17(30-22(36)18(25(4,5)6)31-23(37)38-26(7,8)9)21(35)29-16(19(28)33)12-15-13-27(10,11)32-20(15)34/h15-18H,12-14H2,1-11H3,(H2,28,33)(H,29,35)(H,30,36)(H,31,37)(H,32,34)/t15-,16?,17?,18?/m1/s1. The molecule has 0 radical (unpaired) electrons. The molecule has 38 heavy (non-hydrogen) atoms. The first kappa shape index (κ1) is 33.2. The van der Waals surface area contributed by atoms with Crippen LogP contribution in [0.2, 0.25) is 0 Å².